The molecule has 0 aliphatic carbocycles. The van der Waals surface area contributed by atoms with Gasteiger partial charge in [-0.25, -0.2) is 0 Å². The minimum Gasteiger partial charge on any atom is -0.493 e. The van der Waals surface area contributed by atoms with Crippen LogP contribution in [0.15, 0.2) is 36.4 Å². The maximum absolute atomic E-state index is 12.4. The van der Waals surface area contributed by atoms with E-state index in [-0.39, 0.29) is 22.1 Å². The molecule has 0 unspecified atom stereocenters. The third-order valence-electron chi connectivity index (χ3n) is 3.05. The number of rotatable bonds is 6. The average Bonchev–Trinajstić information content (AvgIpc) is 2.56. The first-order valence-corrected chi connectivity index (χ1v) is 7.10. The normalized spacial score (nSPS) is 10.4. The Morgan fingerprint density at radius 1 is 1.12 bits per heavy atom. The van der Waals surface area contributed by atoms with Gasteiger partial charge in [-0.3, -0.25) is 4.79 Å². The van der Waals surface area contributed by atoms with Crippen LogP contribution in [0.4, 0.5) is 14.5 Å². The van der Waals surface area contributed by atoms with Crippen LogP contribution >= 0.6 is 11.6 Å². The smallest absolute Gasteiger partial charge is 0.387 e. The molecule has 0 aromatic heterocycles. The fourth-order valence-electron chi connectivity index (χ4n) is 2.03. The molecular formula is C16H14ClF2NO4. The molecule has 0 radical (unpaired) electrons. The monoisotopic (exact) mass is 357 g/mol. The van der Waals surface area contributed by atoms with Crippen LogP contribution < -0.4 is 19.5 Å². The predicted octanol–water partition coefficient (Wildman–Crippen LogP) is 4.21. The number of carbonyl (C=O) groups excluding carboxylic acids is 1. The molecule has 0 aliphatic rings. The summed E-state index contributed by atoms with van der Waals surface area (Å²) in [6.45, 7) is -2.98. The van der Waals surface area contributed by atoms with Gasteiger partial charge in [-0.2, -0.15) is 8.78 Å². The van der Waals surface area contributed by atoms with E-state index in [1.807, 2.05) is 0 Å². The van der Waals surface area contributed by atoms with Gasteiger partial charge < -0.3 is 19.5 Å². The summed E-state index contributed by atoms with van der Waals surface area (Å²) in [5, 5.41) is 2.55. The van der Waals surface area contributed by atoms with Crippen LogP contribution in [0.1, 0.15) is 10.4 Å². The van der Waals surface area contributed by atoms with E-state index in [4.69, 9.17) is 21.1 Å². The number of ether oxygens (including phenoxy) is 3. The van der Waals surface area contributed by atoms with Crippen molar-refractivity contribution in [3.8, 4) is 17.2 Å². The lowest BCUT2D eigenvalue weighted by atomic mass is 10.1. The Labute approximate surface area is 142 Å². The molecule has 1 amide bonds. The van der Waals surface area contributed by atoms with E-state index in [0.717, 1.165) is 0 Å². The third kappa shape index (κ3) is 4.05. The van der Waals surface area contributed by atoms with Crippen LogP contribution in [0.3, 0.4) is 0 Å². The van der Waals surface area contributed by atoms with Crippen molar-refractivity contribution in [1.82, 2.24) is 0 Å². The number of benzene rings is 2. The second-order valence-corrected chi connectivity index (χ2v) is 4.93. The van der Waals surface area contributed by atoms with Crippen molar-refractivity contribution in [3.63, 3.8) is 0 Å². The van der Waals surface area contributed by atoms with Gasteiger partial charge in [-0.15, -0.1) is 0 Å². The van der Waals surface area contributed by atoms with Crippen molar-refractivity contribution in [2.75, 3.05) is 19.5 Å². The predicted molar refractivity (Wildman–Crippen MR) is 85.6 cm³/mol. The van der Waals surface area contributed by atoms with Crippen LogP contribution in [0, 0.1) is 0 Å². The zero-order chi connectivity index (χ0) is 17.7. The molecule has 0 bridgehead atoms. The second kappa shape index (κ2) is 7.83. The Bertz CT molecular complexity index is 740. The molecule has 24 heavy (non-hydrogen) atoms. The van der Waals surface area contributed by atoms with E-state index >= 15 is 0 Å². The van der Waals surface area contributed by atoms with E-state index in [0.29, 0.717) is 11.4 Å². The number of nitrogens with one attached hydrogen (secondary N) is 1. The fraction of sp³-hybridized carbons (Fsp3) is 0.188. The molecule has 2 rings (SSSR count). The van der Waals surface area contributed by atoms with E-state index in [2.05, 4.69) is 10.1 Å². The lowest BCUT2D eigenvalue weighted by Crippen LogP contribution is -2.13. The fourth-order valence-corrected chi connectivity index (χ4v) is 2.26. The number of alkyl halides is 2. The van der Waals surface area contributed by atoms with Crippen LogP contribution in [0.2, 0.25) is 5.02 Å². The Hall–Kier alpha value is -2.54. The standard InChI is InChI=1S/C16H14ClF2NO4/c1-22-13-5-3-4-10(14(13)23-2)15(21)20-9-6-7-12(11(17)8-9)24-16(18)19/h3-8,16H,1-2H3,(H,20,21). The molecule has 2 aromatic rings. The van der Waals surface area contributed by atoms with E-state index in [1.54, 1.807) is 18.2 Å². The van der Waals surface area contributed by atoms with Gasteiger partial charge in [0.15, 0.2) is 11.5 Å². The molecule has 8 heteroatoms. The first kappa shape index (κ1) is 17.8. The van der Waals surface area contributed by atoms with Crippen molar-refractivity contribution >= 4 is 23.2 Å². The number of hydrogen-bond acceptors (Lipinski definition) is 4. The number of anilines is 1. The van der Waals surface area contributed by atoms with Crippen molar-refractivity contribution in [1.29, 1.82) is 0 Å². The van der Waals surface area contributed by atoms with Gasteiger partial charge in [-0.05, 0) is 30.3 Å². The summed E-state index contributed by atoms with van der Waals surface area (Å²) in [7, 11) is 2.88. The van der Waals surface area contributed by atoms with E-state index in [1.165, 1.54) is 32.4 Å². The maximum atomic E-state index is 12.4. The zero-order valence-electron chi connectivity index (χ0n) is 12.8. The largest absolute Gasteiger partial charge is 0.493 e. The van der Waals surface area contributed by atoms with Gasteiger partial charge in [0, 0.05) is 5.69 Å². The lowest BCUT2D eigenvalue weighted by Gasteiger charge is -2.13. The molecule has 0 atom stereocenters. The maximum Gasteiger partial charge on any atom is 0.387 e. The lowest BCUT2D eigenvalue weighted by molar-refractivity contribution is -0.0497. The van der Waals surface area contributed by atoms with E-state index < -0.39 is 12.5 Å². The molecule has 2 aromatic carbocycles. The number of amides is 1. The summed E-state index contributed by atoms with van der Waals surface area (Å²) < 4.78 is 39.0. The number of hydrogen-bond donors (Lipinski definition) is 1. The van der Waals surface area contributed by atoms with Gasteiger partial charge in [0.2, 0.25) is 0 Å². The number of carbonyl (C=O) groups is 1. The summed E-state index contributed by atoms with van der Waals surface area (Å²) in [4.78, 5) is 12.4. The van der Waals surface area contributed by atoms with Crippen molar-refractivity contribution in [2.24, 2.45) is 0 Å². The first-order chi connectivity index (χ1) is 11.5. The van der Waals surface area contributed by atoms with Crippen LogP contribution in [0.25, 0.3) is 0 Å². The molecule has 5 nitrogen and oxygen atoms in total. The second-order valence-electron chi connectivity index (χ2n) is 4.52. The molecule has 128 valence electrons. The van der Waals surface area contributed by atoms with Gasteiger partial charge in [0.25, 0.3) is 5.91 Å². The highest BCUT2D eigenvalue weighted by atomic mass is 35.5. The van der Waals surface area contributed by atoms with Gasteiger partial charge >= 0.3 is 6.61 Å². The summed E-state index contributed by atoms with van der Waals surface area (Å²) in [6.07, 6.45) is 0. The van der Waals surface area contributed by atoms with Crippen molar-refractivity contribution in [2.45, 2.75) is 6.61 Å². The number of methoxy groups -OCH3 is 2. The average molecular weight is 358 g/mol. The quantitative estimate of drug-likeness (QED) is 0.841. The molecule has 0 heterocycles. The topological polar surface area (TPSA) is 56.8 Å². The minimum absolute atomic E-state index is 0.0503. The Morgan fingerprint density at radius 3 is 2.46 bits per heavy atom. The molecule has 0 fully saturated rings. The molecule has 1 N–H and O–H groups in total. The van der Waals surface area contributed by atoms with Gasteiger partial charge in [-0.1, -0.05) is 17.7 Å². The number of halogens is 3. The highest BCUT2D eigenvalue weighted by Crippen LogP contribution is 2.32. The third-order valence-corrected chi connectivity index (χ3v) is 3.35. The minimum atomic E-state index is -2.98. The Morgan fingerprint density at radius 2 is 1.88 bits per heavy atom. The molecule has 0 saturated carbocycles. The SMILES string of the molecule is COc1cccc(C(=O)Nc2ccc(OC(F)F)c(Cl)c2)c1OC. The Balaban J connectivity index is 2.23. The zero-order valence-corrected chi connectivity index (χ0v) is 13.6. The Kier molecular flexibility index (Phi) is 5.81. The summed E-state index contributed by atoms with van der Waals surface area (Å²) in [5.41, 5.74) is 0.567. The first-order valence-electron chi connectivity index (χ1n) is 6.73. The van der Waals surface area contributed by atoms with Gasteiger partial charge in [0.05, 0.1) is 24.8 Å². The van der Waals surface area contributed by atoms with Crippen LogP contribution in [-0.4, -0.2) is 26.7 Å². The molecular weight excluding hydrogens is 344 g/mol. The molecule has 0 saturated heterocycles. The van der Waals surface area contributed by atoms with Crippen LogP contribution in [-0.2, 0) is 0 Å². The highest BCUT2D eigenvalue weighted by Gasteiger charge is 2.17. The van der Waals surface area contributed by atoms with E-state index in [9.17, 15) is 13.6 Å². The highest BCUT2D eigenvalue weighted by molar-refractivity contribution is 6.32. The molecule has 0 spiro atoms. The molecule has 0 aliphatic heterocycles. The van der Waals surface area contributed by atoms with Crippen molar-refractivity contribution < 1.29 is 27.8 Å². The summed E-state index contributed by atoms with van der Waals surface area (Å²) in [6, 6.07) is 8.81. The van der Waals surface area contributed by atoms with Gasteiger partial charge in [0.1, 0.15) is 5.75 Å². The summed E-state index contributed by atoms with van der Waals surface area (Å²) in [5.74, 6) is 0.0399. The van der Waals surface area contributed by atoms with Crippen molar-refractivity contribution in [3.05, 3.63) is 47.0 Å². The number of para-hydroxylation sites is 1. The van der Waals surface area contributed by atoms with Crippen LogP contribution in [0.5, 0.6) is 17.2 Å². The summed E-state index contributed by atoms with van der Waals surface area (Å²) >= 11 is 5.85.